The number of H-pyrrole nitrogens is 2. The average Bonchev–Trinajstić information content (AvgIpc) is 3.12. The van der Waals surface area contributed by atoms with Crippen molar-refractivity contribution >= 4 is 5.91 Å². The first-order chi connectivity index (χ1) is 10.3. The fourth-order valence-corrected chi connectivity index (χ4v) is 3.37. The molecule has 7 nitrogen and oxygen atoms in total. The van der Waals surface area contributed by atoms with Crippen molar-refractivity contribution in [2.24, 2.45) is 5.92 Å². The summed E-state index contributed by atoms with van der Waals surface area (Å²) >= 11 is 0. The largest absolute Gasteiger partial charge is 0.343 e. The zero-order valence-corrected chi connectivity index (χ0v) is 11.7. The molecule has 1 atom stereocenters. The minimum atomic E-state index is -0.329. The van der Waals surface area contributed by atoms with Crippen LogP contribution in [0, 0.1) is 5.92 Å². The van der Waals surface area contributed by atoms with E-state index < -0.39 is 0 Å². The lowest BCUT2D eigenvalue weighted by Gasteiger charge is -2.41. The van der Waals surface area contributed by atoms with Gasteiger partial charge in [-0.25, -0.2) is 4.98 Å². The van der Waals surface area contributed by atoms with E-state index in [1.165, 1.54) is 17.6 Å². The van der Waals surface area contributed by atoms with Crippen LogP contribution in [0.5, 0.6) is 0 Å². The van der Waals surface area contributed by atoms with E-state index >= 15 is 0 Å². The second-order valence-electron chi connectivity index (χ2n) is 6.07. The van der Waals surface area contributed by atoms with Crippen LogP contribution in [0.25, 0.3) is 0 Å². The van der Waals surface area contributed by atoms with Crippen LogP contribution in [-0.2, 0) is 23.2 Å². The standard InChI is InChI=1S/C14H18N6O/c21-12(9-2-3-11-10(6-9)7-16-19-11)18-14(4-1-5-14)13-15-8-17-20-13/h7-9H,1-6H2,(H,16,19)(H,18,21)(H,15,17,20). The fraction of sp³-hybridized carbons (Fsp3) is 0.571. The third-order valence-electron chi connectivity index (χ3n) is 4.83. The van der Waals surface area contributed by atoms with Gasteiger partial charge in [0.2, 0.25) is 5.91 Å². The van der Waals surface area contributed by atoms with Crippen LogP contribution in [0.15, 0.2) is 12.5 Å². The zero-order chi connectivity index (χ0) is 14.3. The number of nitrogens with zero attached hydrogens (tertiary/aromatic N) is 3. The molecule has 2 aromatic rings. The summed E-state index contributed by atoms with van der Waals surface area (Å²) in [5, 5.41) is 17.1. The molecule has 1 unspecified atom stereocenters. The van der Waals surface area contributed by atoms with Gasteiger partial charge in [-0.15, -0.1) is 0 Å². The molecule has 3 N–H and O–H groups in total. The van der Waals surface area contributed by atoms with Crippen LogP contribution in [0.1, 0.15) is 42.8 Å². The van der Waals surface area contributed by atoms with E-state index in [9.17, 15) is 4.79 Å². The number of rotatable bonds is 3. The molecule has 2 aliphatic rings. The van der Waals surface area contributed by atoms with Gasteiger partial charge in [0.25, 0.3) is 0 Å². The van der Waals surface area contributed by atoms with Crippen molar-refractivity contribution in [2.45, 2.75) is 44.1 Å². The first-order valence-electron chi connectivity index (χ1n) is 7.46. The number of aromatic amines is 2. The van der Waals surface area contributed by atoms with Crippen LogP contribution >= 0.6 is 0 Å². The molecule has 1 amide bonds. The van der Waals surface area contributed by atoms with E-state index in [0.29, 0.717) is 0 Å². The zero-order valence-electron chi connectivity index (χ0n) is 11.7. The monoisotopic (exact) mass is 286 g/mol. The minimum absolute atomic E-state index is 0.0236. The molecule has 2 aliphatic carbocycles. The summed E-state index contributed by atoms with van der Waals surface area (Å²) in [6.07, 6.45) is 8.83. The van der Waals surface area contributed by atoms with Gasteiger partial charge in [-0.2, -0.15) is 10.2 Å². The molecule has 0 bridgehead atoms. The van der Waals surface area contributed by atoms with Gasteiger partial charge in [0.05, 0.1) is 11.7 Å². The summed E-state index contributed by atoms with van der Waals surface area (Å²) in [5.74, 6) is 0.926. The number of carbonyl (C=O) groups is 1. The highest BCUT2D eigenvalue weighted by Gasteiger charge is 2.44. The number of hydrogen-bond acceptors (Lipinski definition) is 4. The van der Waals surface area contributed by atoms with Crippen molar-refractivity contribution in [2.75, 3.05) is 0 Å². The summed E-state index contributed by atoms with van der Waals surface area (Å²) in [5.41, 5.74) is 2.01. The highest BCUT2D eigenvalue weighted by Crippen LogP contribution is 2.40. The summed E-state index contributed by atoms with van der Waals surface area (Å²) in [6.45, 7) is 0. The Bertz CT molecular complexity index is 642. The van der Waals surface area contributed by atoms with Crippen LogP contribution in [-0.4, -0.2) is 31.3 Å². The van der Waals surface area contributed by atoms with E-state index in [1.54, 1.807) is 0 Å². The molecule has 2 aromatic heterocycles. The molecule has 0 aromatic carbocycles. The van der Waals surface area contributed by atoms with Crippen molar-refractivity contribution in [3.8, 4) is 0 Å². The van der Waals surface area contributed by atoms with E-state index in [2.05, 4.69) is 30.7 Å². The van der Waals surface area contributed by atoms with Crippen LogP contribution < -0.4 is 5.32 Å². The summed E-state index contributed by atoms with van der Waals surface area (Å²) < 4.78 is 0. The van der Waals surface area contributed by atoms with Gasteiger partial charge in [-0.3, -0.25) is 15.0 Å². The van der Waals surface area contributed by atoms with Crippen molar-refractivity contribution < 1.29 is 4.79 Å². The molecule has 0 radical (unpaired) electrons. The lowest BCUT2D eigenvalue weighted by molar-refractivity contribution is -0.128. The Balaban J connectivity index is 1.49. The molecule has 0 saturated heterocycles. The third-order valence-corrected chi connectivity index (χ3v) is 4.83. The number of aryl methyl sites for hydroxylation is 1. The Kier molecular flexibility index (Phi) is 2.80. The molecule has 4 rings (SSSR count). The van der Waals surface area contributed by atoms with Gasteiger partial charge in [-0.05, 0) is 44.1 Å². The van der Waals surface area contributed by atoms with Crippen LogP contribution in [0.4, 0.5) is 0 Å². The molecule has 110 valence electrons. The van der Waals surface area contributed by atoms with Gasteiger partial charge in [0.15, 0.2) is 0 Å². The molecular formula is C14H18N6O. The Morgan fingerprint density at radius 3 is 2.95 bits per heavy atom. The van der Waals surface area contributed by atoms with E-state index in [0.717, 1.165) is 44.3 Å². The first kappa shape index (κ1) is 12.6. The summed E-state index contributed by atoms with van der Waals surface area (Å²) in [4.78, 5) is 16.9. The van der Waals surface area contributed by atoms with E-state index in [4.69, 9.17) is 0 Å². The number of carbonyl (C=O) groups excluding carboxylic acids is 1. The summed E-state index contributed by atoms with van der Waals surface area (Å²) in [6, 6.07) is 0. The number of nitrogens with one attached hydrogen (secondary N) is 3. The third kappa shape index (κ3) is 2.03. The summed E-state index contributed by atoms with van der Waals surface area (Å²) in [7, 11) is 0. The second-order valence-corrected chi connectivity index (χ2v) is 6.07. The predicted molar refractivity (Wildman–Crippen MR) is 74.2 cm³/mol. The predicted octanol–water partition coefficient (Wildman–Crippen LogP) is 0.828. The Morgan fingerprint density at radius 1 is 1.33 bits per heavy atom. The quantitative estimate of drug-likeness (QED) is 0.778. The van der Waals surface area contributed by atoms with Crippen LogP contribution in [0.3, 0.4) is 0 Å². The topological polar surface area (TPSA) is 99.4 Å². The van der Waals surface area contributed by atoms with Gasteiger partial charge in [0.1, 0.15) is 12.2 Å². The van der Waals surface area contributed by atoms with Gasteiger partial charge < -0.3 is 5.32 Å². The Hall–Kier alpha value is -2.18. The van der Waals surface area contributed by atoms with Gasteiger partial charge in [-0.1, -0.05) is 0 Å². The van der Waals surface area contributed by atoms with E-state index in [-0.39, 0.29) is 17.4 Å². The lowest BCUT2D eigenvalue weighted by Crippen LogP contribution is -2.53. The lowest BCUT2D eigenvalue weighted by atomic mass is 9.75. The first-order valence-corrected chi connectivity index (χ1v) is 7.46. The average molecular weight is 286 g/mol. The number of hydrogen-bond donors (Lipinski definition) is 3. The molecule has 0 aliphatic heterocycles. The molecule has 1 fully saturated rings. The van der Waals surface area contributed by atoms with Crippen molar-refractivity contribution in [1.82, 2.24) is 30.7 Å². The van der Waals surface area contributed by atoms with Gasteiger partial charge in [0, 0.05) is 11.6 Å². The van der Waals surface area contributed by atoms with Crippen molar-refractivity contribution in [3.63, 3.8) is 0 Å². The number of fused-ring (bicyclic) bond motifs is 1. The SMILES string of the molecule is O=C(NC1(c2ncn[nH]2)CCC1)C1CCc2[nH]ncc2C1. The maximum absolute atomic E-state index is 12.6. The molecule has 1 saturated carbocycles. The number of amides is 1. The van der Waals surface area contributed by atoms with Crippen molar-refractivity contribution in [1.29, 1.82) is 0 Å². The highest BCUT2D eigenvalue weighted by molar-refractivity contribution is 5.80. The fourth-order valence-electron chi connectivity index (χ4n) is 3.37. The normalized spacial score (nSPS) is 23.1. The van der Waals surface area contributed by atoms with Crippen LogP contribution in [0.2, 0.25) is 0 Å². The highest BCUT2D eigenvalue weighted by atomic mass is 16.2. The van der Waals surface area contributed by atoms with Crippen molar-refractivity contribution in [3.05, 3.63) is 29.6 Å². The molecule has 0 spiro atoms. The Labute approximate surface area is 121 Å². The maximum atomic E-state index is 12.6. The Morgan fingerprint density at radius 2 is 2.24 bits per heavy atom. The van der Waals surface area contributed by atoms with Gasteiger partial charge >= 0.3 is 0 Å². The minimum Gasteiger partial charge on any atom is -0.343 e. The molecule has 2 heterocycles. The smallest absolute Gasteiger partial charge is 0.224 e. The molecular weight excluding hydrogens is 268 g/mol. The molecule has 7 heteroatoms. The van der Waals surface area contributed by atoms with E-state index in [1.807, 2.05) is 6.20 Å². The number of aromatic nitrogens is 5. The molecule has 21 heavy (non-hydrogen) atoms. The maximum Gasteiger partial charge on any atom is 0.224 e. The second kappa shape index (κ2) is 4.68.